The van der Waals surface area contributed by atoms with E-state index in [-0.39, 0.29) is 65.3 Å². The lowest BCUT2D eigenvalue weighted by atomic mass is 9.45. The molecule has 8 unspecified atom stereocenters. The van der Waals surface area contributed by atoms with Crippen LogP contribution < -0.4 is 5.73 Å². The summed E-state index contributed by atoms with van der Waals surface area (Å²) in [7, 11) is 5.40. The van der Waals surface area contributed by atoms with Gasteiger partial charge in [0, 0.05) is 75.1 Å². The van der Waals surface area contributed by atoms with Crippen LogP contribution >= 0.6 is 0 Å². The second-order valence-corrected chi connectivity index (χ2v) is 12.9. The lowest BCUT2D eigenvalue weighted by Gasteiger charge is -2.69. The van der Waals surface area contributed by atoms with E-state index in [9.17, 15) is 9.90 Å². The number of aliphatic hydroxyl groups is 1. The Labute approximate surface area is 225 Å². The Hall–Kier alpha value is -1.71. The molecule has 5 saturated carbocycles. The molecule has 0 radical (unpaired) electrons. The van der Waals surface area contributed by atoms with Crippen LogP contribution in [0.5, 0.6) is 0 Å². The van der Waals surface area contributed by atoms with Crippen molar-refractivity contribution in [3.05, 3.63) is 29.8 Å². The number of hydrogen-bond donors (Lipinski definition) is 2. The van der Waals surface area contributed by atoms with Crippen LogP contribution in [0.1, 0.15) is 49.4 Å². The maximum absolute atomic E-state index is 13.7. The van der Waals surface area contributed by atoms with Gasteiger partial charge < -0.3 is 29.8 Å². The first-order chi connectivity index (χ1) is 18.3. The predicted molar refractivity (Wildman–Crippen MR) is 140 cm³/mol. The Balaban J connectivity index is 1.39. The van der Waals surface area contributed by atoms with Crippen molar-refractivity contribution in [3.8, 4) is 0 Å². The van der Waals surface area contributed by atoms with Crippen LogP contribution in [0.2, 0.25) is 0 Å². The average molecular weight is 527 g/mol. The number of benzene rings is 1. The number of carbonyl (C=O) groups excluding carboxylic acids is 1. The van der Waals surface area contributed by atoms with Crippen LogP contribution in [0.3, 0.4) is 0 Å². The van der Waals surface area contributed by atoms with Crippen LogP contribution in [0.4, 0.5) is 5.69 Å². The minimum absolute atomic E-state index is 0.0231. The Morgan fingerprint density at radius 3 is 2.61 bits per heavy atom. The van der Waals surface area contributed by atoms with Gasteiger partial charge in [0.15, 0.2) is 0 Å². The van der Waals surface area contributed by atoms with Gasteiger partial charge >= 0.3 is 5.97 Å². The predicted octanol–water partition coefficient (Wildman–Crippen LogP) is 2.73. The van der Waals surface area contributed by atoms with Gasteiger partial charge in [0.25, 0.3) is 0 Å². The lowest BCUT2D eigenvalue weighted by Crippen LogP contribution is -2.78. The summed E-state index contributed by atoms with van der Waals surface area (Å²) in [6, 6.07) is 7.35. The summed E-state index contributed by atoms with van der Waals surface area (Å²) in [6.07, 6.45) is 3.96. The first kappa shape index (κ1) is 25.3. The third-order valence-electron chi connectivity index (χ3n) is 12.2. The fourth-order valence-electron chi connectivity index (χ4n) is 11.3. The van der Waals surface area contributed by atoms with Crippen molar-refractivity contribution < 1.29 is 28.8 Å². The highest BCUT2D eigenvalue weighted by molar-refractivity contribution is 5.95. The average Bonchev–Trinajstić information content (AvgIpc) is 3.38. The molecule has 1 saturated heterocycles. The number of nitrogens with zero attached hydrogens (tertiary/aromatic N) is 1. The van der Waals surface area contributed by atoms with E-state index in [1.165, 1.54) is 0 Å². The molecule has 1 aliphatic heterocycles. The van der Waals surface area contributed by atoms with E-state index in [2.05, 4.69) is 11.8 Å². The highest BCUT2D eigenvalue weighted by atomic mass is 16.6. The molecule has 1 aromatic carbocycles. The Bertz CT molecular complexity index is 1130. The second kappa shape index (κ2) is 8.40. The van der Waals surface area contributed by atoms with Crippen LogP contribution in [0.25, 0.3) is 0 Å². The second-order valence-electron chi connectivity index (χ2n) is 12.9. The maximum atomic E-state index is 13.7. The fourth-order valence-corrected chi connectivity index (χ4v) is 11.3. The van der Waals surface area contributed by atoms with E-state index in [1.807, 2.05) is 19.2 Å². The standard InChI is InChI=1S/C30H42N2O6/c1-5-32-15-28(38-27(33)16-8-6-7-9-20(16)31)11-10-23(36-3)30-18-12-17-21(35-2)14-29(34,24(18)25(17)37-4)19(26(30)32)13-22(28)30/h6-9,17-19,21-26,34H,5,10-15,31H2,1-4H3/t17?,18?,19?,21-,22?,23-,24?,25?,26?,28+,29-,30?/m0/s1. The quantitative estimate of drug-likeness (QED) is 0.431. The molecule has 6 aliphatic rings. The van der Waals surface area contributed by atoms with Crippen molar-refractivity contribution in [2.24, 2.45) is 35.0 Å². The molecule has 208 valence electrons. The van der Waals surface area contributed by atoms with Gasteiger partial charge in [0.05, 0.1) is 29.5 Å². The zero-order valence-corrected chi connectivity index (χ0v) is 23.0. The zero-order chi connectivity index (χ0) is 26.6. The van der Waals surface area contributed by atoms with Crippen molar-refractivity contribution in [3.63, 3.8) is 0 Å². The smallest absolute Gasteiger partial charge is 0.340 e. The summed E-state index contributed by atoms with van der Waals surface area (Å²) in [5.74, 6) is 0.280. The summed E-state index contributed by atoms with van der Waals surface area (Å²) in [5.41, 5.74) is 5.31. The number of likely N-dealkylation sites (tertiary alicyclic amines) is 1. The van der Waals surface area contributed by atoms with Crippen LogP contribution in [0.15, 0.2) is 24.3 Å². The number of para-hydroxylation sites is 1. The number of anilines is 1. The summed E-state index contributed by atoms with van der Waals surface area (Å²) < 4.78 is 25.3. The monoisotopic (exact) mass is 526 g/mol. The molecule has 7 rings (SSSR count). The molecule has 3 N–H and O–H groups in total. The molecule has 5 aliphatic carbocycles. The number of rotatable bonds is 6. The third kappa shape index (κ3) is 2.81. The molecule has 12 atom stereocenters. The van der Waals surface area contributed by atoms with E-state index in [0.717, 1.165) is 32.2 Å². The minimum Gasteiger partial charge on any atom is -0.454 e. The highest BCUT2D eigenvalue weighted by Crippen LogP contribution is 2.78. The fraction of sp³-hybridized carbons (Fsp3) is 0.767. The number of nitrogens with two attached hydrogens (primary N) is 1. The number of likely N-dealkylation sites (N-methyl/N-ethyl adjacent to an activating group) is 1. The van der Waals surface area contributed by atoms with Gasteiger partial charge in [-0.1, -0.05) is 19.1 Å². The van der Waals surface area contributed by atoms with E-state index in [4.69, 9.17) is 24.7 Å². The van der Waals surface area contributed by atoms with Crippen LogP contribution in [0, 0.1) is 35.0 Å². The molecule has 0 aromatic heterocycles. The minimum atomic E-state index is -0.887. The van der Waals surface area contributed by atoms with Crippen molar-refractivity contribution in [2.75, 3.05) is 40.2 Å². The lowest BCUT2D eigenvalue weighted by molar-refractivity contribution is -0.284. The molecule has 38 heavy (non-hydrogen) atoms. The topological polar surface area (TPSA) is 103 Å². The molecule has 1 heterocycles. The van der Waals surface area contributed by atoms with Crippen LogP contribution in [-0.2, 0) is 18.9 Å². The Morgan fingerprint density at radius 2 is 1.92 bits per heavy atom. The van der Waals surface area contributed by atoms with Crippen molar-refractivity contribution >= 4 is 11.7 Å². The number of nitrogen functional groups attached to an aromatic ring is 1. The highest BCUT2D eigenvalue weighted by Gasteiger charge is 2.84. The third-order valence-corrected chi connectivity index (χ3v) is 12.2. The molecular formula is C30H42N2O6. The van der Waals surface area contributed by atoms with Gasteiger partial charge in [-0.2, -0.15) is 0 Å². The molecule has 0 amide bonds. The van der Waals surface area contributed by atoms with Crippen molar-refractivity contribution in [1.82, 2.24) is 4.90 Å². The van der Waals surface area contributed by atoms with Gasteiger partial charge in [-0.3, -0.25) is 4.90 Å². The van der Waals surface area contributed by atoms with Gasteiger partial charge in [-0.05, 0) is 50.3 Å². The number of esters is 1. The van der Waals surface area contributed by atoms with Gasteiger partial charge in [-0.25, -0.2) is 4.79 Å². The van der Waals surface area contributed by atoms with E-state index < -0.39 is 11.2 Å². The van der Waals surface area contributed by atoms with Gasteiger partial charge in [0.2, 0.25) is 0 Å². The zero-order valence-electron chi connectivity index (χ0n) is 23.0. The first-order valence-electron chi connectivity index (χ1n) is 14.4. The number of carbonyl (C=O) groups is 1. The summed E-state index contributed by atoms with van der Waals surface area (Å²) in [6.45, 7) is 3.71. The van der Waals surface area contributed by atoms with Crippen LogP contribution in [-0.4, -0.2) is 86.0 Å². The summed E-state index contributed by atoms with van der Waals surface area (Å²) >= 11 is 0. The number of piperidine rings is 1. The van der Waals surface area contributed by atoms with Crippen molar-refractivity contribution in [1.29, 1.82) is 0 Å². The van der Waals surface area contributed by atoms with E-state index in [0.29, 0.717) is 24.2 Å². The van der Waals surface area contributed by atoms with Gasteiger partial charge in [0.1, 0.15) is 5.60 Å². The normalized spacial score (nSPS) is 50.2. The number of methoxy groups -OCH3 is 3. The number of fused-ring (bicyclic) bond motifs is 2. The van der Waals surface area contributed by atoms with E-state index >= 15 is 0 Å². The summed E-state index contributed by atoms with van der Waals surface area (Å²) in [5, 5.41) is 12.7. The molecule has 1 spiro atoms. The molecule has 1 aromatic rings. The largest absolute Gasteiger partial charge is 0.454 e. The van der Waals surface area contributed by atoms with Crippen molar-refractivity contribution in [2.45, 2.75) is 74.6 Å². The SMILES string of the molecule is CCN1C[C@]2(OC(=O)c3ccccc3N)CC[C@H](OC)C34C5CC6C(OC)C5[C@](O)(C[C@@H]6OC)C(CC32)C14. The van der Waals surface area contributed by atoms with Gasteiger partial charge in [-0.15, -0.1) is 0 Å². The Morgan fingerprint density at radius 1 is 1.13 bits per heavy atom. The molecule has 8 heteroatoms. The Kier molecular flexibility index (Phi) is 5.59. The molecule has 6 fully saturated rings. The molecular weight excluding hydrogens is 484 g/mol. The number of ether oxygens (including phenoxy) is 4. The summed E-state index contributed by atoms with van der Waals surface area (Å²) in [4.78, 5) is 16.2. The molecule has 8 nitrogen and oxygen atoms in total. The van der Waals surface area contributed by atoms with E-state index in [1.54, 1.807) is 26.4 Å². The molecule has 7 bridgehead atoms. The first-order valence-corrected chi connectivity index (χ1v) is 14.4. The maximum Gasteiger partial charge on any atom is 0.340 e. The number of hydrogen-bond acceptors (Lipinski definition) is 8.